The average Bonchev–Trinajstić information content (AvgIpc) is 2.56. The summed E-state index contributed by atoms with van der Waals surface area (Å²) in [5.74, 6) is -0.0256. The van der Waals surface area contributed by atoms with Gasteiger partial charge in [-0.05, 0) is 38.5 Å². The van der Waals surface area contributed by atoms with Gasteiger partial charge in [-0.1, -0.05) is 6.92 Å². The molecule has 5 nitrogen and oxygen atoms in total. The second-order valence-electron chi connectivity index (χ2n) is 6.60. The Hall–Kier alpha value is -1.36. The lowest BCUT2D eigenvalue weighted by Gasteiger charge is -2.34. The molecule has 0 amide bonds. The van der Waals surface area contributed by atoms with Crippen molar-refractivity contribution in [1.29, 1.82) is 0 Å². The molecule has 0 bridgehead atoms. The third-order valence-corrected chi connectivity index (χ3v) is 4.89. The first-order chi connectivity index (χ1) is 10.9. The second kappa shape index (κ2) is 9.71. The van der Waals surface area contributed by atoms with Crippen LogP contribution in [0.15, 0.2) is 0 Å². The normalized spacial score (nSPS) is 24.2. The molecule has 1 aliphatic rings. The van der Waals surface area contributed by atoms with Gasteiger partial charge in [-0.15, -0.1) is 0 Å². The van der Waals surface area contributed by atoms with Crippen LogP contribution in [0.4, 0.5) is 0 Å². The van der Waals surface area contributed by atoms with Gasteiger partial charge in [0.25, 0.3) is 0 Å². The Bertz CT molecular complexity index is 454. The highest BCUT2D eigenvalue weighted by molar-refractivity contribution is 5.88. The van der Waals surface area contributed by atoms with Gasteiger partial charge < -0.3 is 9.90 Å². The molecule has 0 radical (unpaired) electrons. The van der Waals surface area contributed by atoms with Crippen molar-refractivity contribution in [3.05, 3.63) is 0 Å². The van der Waals surface area contributed by atoms with Gasteiger partial charge in [0.2, 0.25) is 0 Å². The zero-order valence-electron chi connectivity index (χ0n) is 14.2. The van der Waals surface area contributed by atoms with E-state index in [4.69, 9.17) is 5.11 Å². The predicted octanol–water partition coefficient (Wildman–Crippen LogP) is 2.28. The summed E-state index contributed by atoms with van der Waals surface area (Å²) in [7, 11) is 0. The molecule has 23 heavy (non-hydrogen) atoms. The number of Topliss-reactive ketones (excluding diaryl/α,β-unsaturated/α-hetero) is 4. The fourth-order valence-electron chi connectivity index (χ4n) is 3.50. The molecule has 0 aromatic heterocycles. The number of carbonyl (C=O) groups is 4. The SMILES string of the molecule is CCC(=O)C1CCC(C(=O)CCC(=O)CO)CC1CCC(C)=O. The van der Waals surface area contributed by atoms with Gasteiger partial charge in [0.05, 0.1) is 0 Å². The minimum Gasteiger partial charge on any atom is -0.389 e. The summed E-state index contributed by atoms with van der Waals surface area (Å²) < 4.78 is 0. The van der Waals surface area contributed by atoms with Crippen LogP contribution in [0.1, 0.15) is 65.2 Å². The molecule has 0 saturated heterocycles. The van der Waals surface area contributed by atoms with Crippen LogP contribution in [0.3, 0.4) is 0 Å². The average molecular weight is 324 g/mol. The van der Waals surface area contributed by atoms with Gasteiger partial charge in [-0.2, -0.15) is 0 Å². The number of hydrogen-bond donors (Lipinski definition) is 1. The van der Waals surface area contributed by atoms with Crippen LogP contribution in [0, 0.1) is 17.8 Å². The number of ketones is 4. The molecule has 0 aromatic rings. The van der Waals surface area contributed by atoms with Crippen molar-refractivity contribution in [1.82, 2.24) is 0 Å². The number of aliphatic hydroxyl groups excluding tert-OH is 1. The van der Waals surface area contributed by atoms with E-state index in [-0.39, 0.29) is 53.7 Å². The monoisotopic (exact) mass is 324 g/mol. The molecule has 5 heteroatoms. The summed E-state index contributed by atoms with van der Waals surface area (Å²) in [6, 6.07) is 0. The van der Waals surface area contributed by atoms with E-state index in [1.807, 2.05) is 6.92 Å². The number of hydrogen-bond acceptors (Lipinski definition) is 5. The molecule has 1 aliphatic carbocycles. The molecular formula is C18H28O5. The van der Waals surface area contributed by atoms with E-state index in [1.165, 1.54) is 0 Å². The minimum absolute atomic E-state index is 0.0394. The molecule has 3 unspecified atom stereocenters. The molecule has 1 saturated carbocycles. The Morgan fingerprint density at radius 2 is 1.70 bits per heavy atom. The zero-order chi connectivity index (χ0) is 17.4. The molecule has 0 heterocycles. The van der Waals surface area contributed by atoms with E-state index >= 15 is 0 Å². The first-order valence-electron chi connectivity index (χ1n) is 8.56. The lowest BCUT2D eigenvalue weighted by Crippen LogP contribution is -2.34. The van der Waals surface area contributed by atoms with Crippen molar-refractivity contribution in [3.63, 3.8) is 0 Å². The standard InChI is InChI=1S/C18H28O5/c1-3-17(22)16-8-6-14(10-13(16)5-4-12(2)20)18(23)9-7-15(21)11-19/h13-14,16,19H,3-11H2,1-2H3. The molecule has 1 rings (SSSR count). The molecule has 1 fully saturated rings. The van der Waals surface area contributed by atoms with E-state index in [0.717, 1.165) is 0 Å². The molecule has 0 aliphatic heterocycles. The summed E-state index contributed by atoms with van der Waals surface area (Å²) >= 11 is 0. The van der Waals surface area contributed by atoms with Crippen molar-refractivity contribution in [2.24, 2.45) is 17.8 Å². The van der Waals surface area contributed by atoms with E-state index in [2.05, 4.69) is 0 Å². The number of rotatable bonds is 10. The van der Waals surface area contributed by atoms with Crippen LogP contribution in [0.5, 0.6) is 0 Å². The topological polar surface area (TPSA) is 88.5 Å². The lowest BCUT2D eigenvalue weighted by atomic mass is 9.68. The van der Waals surface area contributed by atoms with Crippen molar-refractivity contribution >= 4 is 23.1 Å². The Labute approximate surface area is 137 Å². The molecule has 0 spiro atoms. The third kappa shape index (κ3) is 6.34. The highest BCUT2D eigenvalue weighted by Gasteiger charge is 2.36. The van der Waals surface area contributed by atoms with Gasteiger partial charge >= 0.3 is 0 Å². The first-order valence-corrected chi connectivity index (χ1v) is 8.56. The van der Waals surface area contributed by atoms with Crippen LogP contribution in [-0.2, 0) is 19.2 Å². The highest BCUT2D eigenvalue weighted by atomic mass is 16.3. The maximum absolute atomic E-state index is 12.3. The Kier molecular flexibility index (Phi) is 8.31. The van der Waals surface area contributed by atoms with E-state index in [1.54, 1.807) is 6.92 Å². The van der Waals surface area contributed by atoms with Gasteiger partial charge in [-0.25, -0.2) is 0 Å². The van der Waals surface area contributed by atoms with Crippen molar-refractivity contribution in [3.8, 4) is 0 Å². The fraction of sp³-hybridized carbons (Fsp3) is 0.778. The van der Waals surface area contributed by atoms with Crippen LogP contribution < -0.4 is 0 Å². The quantitative estimate of drug-likeness (QED) is 0.666. The van der Waals surface area contributed by atoms with E-state index < -0.39 is 6.61 Å². The molecule has 0 aromatic carbocycles. The number of carbonyl (C=O) groups excluding carboxylic acids is 4. The molecule has 1 N–H and O–H groups in total. The summed E-state index contributed by atoms with van der Waals surface area (Å²) in [6.07, 6.45) is 3.85. The third-order valence-electron chi connectivity index (χ3n) is 4.89. The van der Waals surface area contributed by atoms with Crippen molar-refractivity contribution < 1.29 is 24.3 Å². The maximum atomic E-state index is 12.3. The zero-order valence-corrected chi connectivity index (χ0v) is 14.2. The lowest BCUT2D eigenvalue weighted by molar-refractivity contribution is -0.132. The summed E-state index contributed by atoms with van der Waals surface area (Å²) in [5.41, 5.74) is 0. The first kappa shape index (κ1) is 19.7. The predicted molar refractivity (Wildman–Crippen MR) is 85.9 cm³/mol. The largest absolute Gasteiger partial charge is 0.389 e. The maximum Gasteiger partial charge on any atom is 0.158 e. The van der Waals surface area contributed by atoms with Crippen LogP contribution in [0.2, 0.25) is 0 Å². The number of aliphatic hydroxyl groups is 1. The highest BCUT2D eigenvalue weighted by Crippen LogP contribution is 2.38. The Balaban J connectivity index is 2.65. The van der Waals surface area contributed by atoms with Crippen molar-refractivity contribution in [2.75, 3.05) is 6.61 Å². The van der Waals surface area contributed by atoms with Gasteiger partial charge in [0.15, 0.2) is 5.78 Å². The smallest absolute Gasteiger partial charge is 0.158 e. The van der Waals surface area contributed by atoms with Crippen LogP contribution in [0.25, 0.3) is 0 Å². The molecule has 130 valence electrons. The van der Waals surface area contributed by atoms with Gasteiger partial charge in [-0.3, -0.25) is 14.4 Å². The van der Waals surface area contributed by atoms with E-state index in [9.17, 15) is 19.2 Å². The Morgan fingerprint density at radius 1 is 1.00 bits per heavy atom. The molecular weight excluding hydrogens is 296 g/mol. The van der Waals surface area contributed by atoms with Crippen molar-refractivity contribution in [2.45, 2.75) is 65.2 Å². The molecule has 3 atom stereocenters. The second-order valence-corrected chi connectivity index (χ2v) is 6.60. The Morgan fingerprint density at radius 3 is 2.26 bits per heavy atom. The summed E-state index contributed by atoms with van der Waals surface area (Å²) in [4.78, 5) is 46.8. The van der Waals surface area contributed by atoms with Gasteiger partial charge in [0, 0.05) is 37.5 Å². The van der Waals surface area contributed by atoms with E-state index in [0.29, 0.717) is 38.5 Å². The van der Waals surface area contributed by atoms with Gasteiger partial charge in [0.1, 0.15) is 24.0 Å². The summed E-state index contributed by atoms with van der Waals surface area (Å²) in [5, 5.41) is 8.71. The fourth-order valence-corrected chi connectivity index (χ4v) is 3.50. The van der Waals surface area contributed by atoms with Crippen LogP contribution >= 0.6 is 0 Å². The van der Waals surface area contributed by atoms with Crippen LogP contribution in [-0.4, -0.2) is 34.8 Å². The minimum atomic E-state index is -0.522. The summed E-state index contributed by atoms with van der Waals surface area (Å²) in [6.45, 7) is 2.87.